The van der Waals surface area contributed by atoms with Gasteiger partial charge in [0, 0.05) is 62.0 Å². The molecule has 3 aromatic rings. The van der Waals surface area contributed by atoms with E-state index in [4.69, 9.17) is 9.47 Å². The number of ether oxygens (including phenoxy) is 2. The second kappa shape index (κ2) is 9.66. The molecule has 7 rings (SSSR count). The number of aromatic nitrogens is 1. The van der Waals surface area contributed by atoms with Crippen LogP contribution in [0.1, 0.15) is 39.4 Å². The van der Waals surface area contributed by atoms with Crippen molar-refractivity contribution < 1.29 is 19.1 Å². The highest BCUT2D eigenvalue weighted by Crippen LogP contribution is 2.54. The third-order valence-corrected chi connectivity index (χ3v) is 8.17. The molecule has 4 aliphatic rings. The molecule has 0 radical (unpaired) electrons. The van der Waals surface area contributed by atoms with Gasteiger partial charge in [0.25, 0.3) is 5.91 Å². The molecule has 0 spiro atoms. The fourth-order valence-electron chi connectivity index (χ4n) is 5.82. The molecule has 9 heteroatoms. The lowest BCUT2D eigenvalue weighted by atomic mass is 10.1. The van der Waals surface area contributed by atoms with Gasteiger partial charge in [0.2, 0.25) is 5.91 Å². The number of hydrogen-bond acceptors (Lipinski definition) is 7. The van der Waals surface area contributed by atoms with Gasteiger partial charge in [0.05, 0.1) is 12.0 Å². The molecule has 2 aromatic carbocycles. The second-order valence-corrected chi connectivity index (χ2v) is 10.9. The summed E-state index contributed by atoms with van der Waals surface area (Å²) in [6.07, 6.45) is 2.59. The van der Waals surface area contributed by atoms with Crippen LogP contribution in [0.2, 0.25) is 0 Å². The molecule has 3 aliphatic heterocycles. The first-order valence-electron chi connectivity index (χ1n) is 13.6. The molecule has 4 heterocycles. The predicted octanol–water partition coefficient (Wildman–Crippen LogP) is 3.16. The van der Waals surface area contributed by atoms with E-state index in [1.807, 2.05) is 36.4 Å². The van der Waals surface area contributed by atoms with Crippen LogP contribution in [0.15, 0.2) is 54.7 Å². The van der Waals surface area contributed by atoms with Gasteiger partial charge in [-0.1, -0.05) is 12.1 Å². The number of amides is 2. The lowest BCUT2D eigenvalue weighted by molar-refractivity contribution is -0.116. The minimum atomic E-state index is -0.0800. The summed E-state index contributed by atoms with van der Waals surface area (Å²) < 4.78 is 12.3. The maximum atomic E-state index is 13.0. The highest BCUT2D eigenvalue weighted by Gasteiger charge is 2.59. The molecule has 39 heavy (non-hydrogen) atoms. The largest absolute Gasteiger partial charge is 0.487 e. The van der Waals surface area contributed by atoms with Gasteiger partial charge < -0.3 is 25.0 Å². The van der Waals surface area contributed by atoms with Gasteiger partial charge in [-0.3, -0.25) is 14.5 Å². The van der Waals surface area contributed by atoms with Crippen molar-refractivity contribution in [3.63, 3.8) is 0 Å². The minimum absolute atomic E-state index is 0.0312. The molecular weight excluding hydrogens is 494 g/mol. The molecule has 200 valence electrons. The Kier molecular flexibility index (Phi) is 5.97. The SMILES string of the molecule is CN1CCN(Cc2ccc(C(=O)N[C@@H]3[C@H]4Oc5ccc(Oc6ccnc7c6CCC(=O)N7)cc5[C@@H]34)cc2)CC1. The zero-order chi connectivity index (χ0) is 26.5. The smallest absolute Gasteiger partial charge is 0.251 e. The van der Waals surface area contributed by atoms with Crippen molar-refractivity contribution in [1.29, 1.82) is 0 Å². The first kappa shape index (κ1) is 24.1. The Morgan fingerprint density at radius 2 is 1.92 bits per heavy atom. The van der Waals surface area contributed by atoms with E-state index in [1.165, 1.54) is 5.56 Å². The summed E-state index contributed by atoms with van der Waals surface area (Å²) in [4.78, 5) is 33.8. The first-order chi connectivity index (χ1) is 19.0. The van der Waals surface area contributed by atoms with E-state index in [1.54, 1.807) is 6.20 Å². The van der Waals surface area contributed by atoms with Gasteiger partial charge in [-0.15, -0.1) is 0 Å². The van der Waals surface area contributed by atoms with E-state index in [0.29, 0.717) is 35.7 Å². The van der Waals surface area contributed by atoms with Crippen LogP contribution in [-0.2, 0) is 17.8 Å². The quantitative estimate of drug-likeness (QED) is 0.511. The zero-order valence-electron chi connectivity index (χ0n) is 21.9. The number of fused-ring (bicyclic) bond motifs is 4. The van der Waals surface area contributed by atoms with E-state index in [-0.39, 0.29) is 29.9 Å². The highest BCUT2D eigenvalue weighted by molar-refractivity contribution is 5.95. The maximum absolute atomic E-state index is 13.0. The molecule has 3 atom stereocenters. The van der Waals surface area contributed by atoms with Crippen LogP contribution in [0.25, 0.3) is 0 Å². The number of anilines is 1. The summed E-state index contributed by atoms with van der Waals surface area (Å²) in [7, 11) is 2.16. The van der Waals surface area contributed by atoms with E-state index >= 15 is 0 Å². The van der Waals surface area contributed by atoms with Crippen molar-refractivity contribution in [3.8, 4) is 17.2 Å². The molecule has 0 bridgehead atoms. The number of hydrogen-bond donors (Lipinski definition) is 2. The Morgan fingerprint density at radius 1 is 1.10 bits per heavy atom. The highest BCUT2D eigenvalue weighted by atomic mass is 16.5. The van der Waals surface area contributed by atoms with Crippen molar-refractivity contribution in [2.24, 2.45) is 0 Å². The van der Waals surface area contributed by atoms with Crippen LogP contribution in [0.4, 0.5) is 5.82 Å². The van der Waals surface area contributed by atoms with Crippen LogP contribution in [0.5, 0.6) is 17.2 Å². The van der Waals surface area contributed by atoms with Gasteiger partial charge in [0.1, 0.15) is 29.2 Å². The number of likely N-dealkylation sites (N-methyl/N-ethyl adjacent to an activating group) is 1. The number of piperazine rings is 1. The van der Waals surface area contributed by atoms with Crippen molar-refractivity contribution in [2.45, 2.75) is 37.5 Å². The van der Waals surface area contributed by atoms with E-state index in [2.05, 4.69) is 44.6 Å². The summed E-state index contributed by atoms with van der Waals surface area (Å²) in [6.45, 7) is 5.23. The third kappa shape index (κ3) is 4.72. The summed E-state index contributed by atoms with van der Waals surface area (Å²) in [5, 5.41) is 5.97. The fraction of sp³-hybridized carbons (Fsp3) is 0.367. The van der Waals surface area contributed by atoms with Gasteiger partial charge in [-0.2, -0.15) is 0 Å². The lowest BCUT2D eigenvalue weighted by Crippen LogP contribution is -2.43. The summed E-state index contributed by atoms with van der Waals surface area (Å²) in [6, 6.07) is 15.5. The first-order valence-corrected chi connectivity index (χ1v) is 13.6. The number of nitrogens with zero attached hydrogens (tertiary/aromatic N) is 3. The lowest BCUT2D eigenvalue weighted by Gasteiger charge is -2.32. The predicted molar refractivity (Wildman–Crippen MR) is 145 cm³/mol. The Morgan fingerprint density at radius 3 is 2.74 bits per heavy atom. The van der Waals surface area contributed by atoms with Gasteiger partial charge in [-0.25, -0.2) is 4.98 Å². The molecular formula is C30H31N5O4. The maximum Gasteiger partial charge on any atom is 0.251 e. The van der Waals surface area contributed by atoms with Crippen molar-refractivity contribution >= 4 is 17.6 Å². The van der Waals surface area contributed by atoms with Crippen molar-refractivity contribution in [1.82, 2.24) is 20.1 Å². The molecule has 0 unspecified atom stereocenters. The molecule has 2 N–H and O–H groups in total. The molecule has 1 aromatic heterocycles. The standard InChI is InChI=1S/C30H31N5O4/c1-34-12-14-35(15-13-34)17-18-2-4-19(5-3-18)30(37)33-27-26-22-16-20(6-8-23(22)39-28(26)27)38-24-10-11-31-29-21(24)7-9-25(36)32-29/h2-6,8,10-11,16,26-28H,7,9,12-15,17H2,1H3,(H,33,37)(H,31,32,36)/t26-,27-,28-/m0/s1. The van der Waals surface area contributed by atoms with E-state index in [0.717, 1.165) is 49.6 Å². The number of carbonyl (C=O) groups is 2. The van der Waals surface area contributed by atoms with Gasteiger partial charge in [-0.05, 0) is 55.4 Å². The van der Waals surface area contributed by atoms with Crippen LogP contribution in [0.3, 0.4) is 0 Å². The minimum Gasteiger partial charge on any atom is -0.487 e. The topological polar surface area (TPSA) is 96.0 Å². The summed E-state index contributed by atoms with van der Waals surface area (Å²) >= 11 is 0. The van der Waals surface area contributed by atoms with Crippen molar-refractivity contribution in [2.75, 3.05) is 38.5 Å². The summed E-state index contributed by atoms with van der Waals surface area (Å²) in [5.41, 5.74) is 3.83. The van der Waals surface area contributed by atoms with Crippen LogP contribution in [0, 0.1) is 0 Å². The Hall–Kier alpha value is -3.95. The zero-order valence-corrected chi connectivity index (χ0v) is 21.9. The van der Waals surface area contributed by atoms with E-state index in [9.17, 15) is 9.59 Å². The Balaban J connectivity index is 0.988. The molecule has 9 nitrogen and oxygen atoms in total. The monoisotopic (exact) mass is 525 g/mol. The van der Waals surface area contributed by atoms with Gasteiger partial charge >= 0.3 is 0 Å². The third-order valence-electron chi connectivity index (χ3n) is 8.17. The molecule has 1 saturated heterocycles. The van der Waals surface area contributed by atoms with E-state index < -0.39 is 0 Å². The number of carbonyl (C=O) groups excluding carboxylic acids is 2. The number of pyridine rings is 1. The number of nitrogens with one attached hydrogen (secondary N) is 2. The van der Waals surface area contributed by atoms with Crippen LogP contribution >= 0.6 is 0 Å². The van der Waals surface area contributed by atoms with Crippen LogP contribution < -0.4 is 20.1 Å². The van der Waals surface area contributed by atoms with Crippen molar-refractivity contribution in [3.05, 3.63) is 77.0 Å². The summed E-state index contributed by atoms with van der Waals surface area (Å²) in [5.74, 6) is 2.77. The Labute approximate surface area is 227 Å². The average molecular weight is 526 g/mol. The van der Waals surface area contributed by atoms with Gasteiger partial charge in [0.15, 0.2) is 0 Å². The van der Waals surface area contributed by atoms with Crippen LogP contribution in [-0.4, -0.2) is 72.0 Å². The Bertz CT molecular complexity index is 1430. The fourth-order valence-corrected chi connectivity index (χ4v) is 5.82. The second-order valence-electron chi connectivity index (χ2n) is 10.9. The molecule has 1 aliphatic carbocycles. The normalized spacial score (nSPS) is 23.6. The number of benzene rings is 2. The molecule has 1 saturated carbocycles. The molecule has 2 amide bonds. The molecule has 2 fully saturated rings. The average Bonchev–Trinajstić information content (AvgIpc) is 3.46. The number of rotatable bonds is 6.